The van der Waals surface area contributed by atoms with E-state index < -0.39 is 11.6 Å². The molecule has 0 amide bonds. The fourth-order valence-electron chi connectivity index (χ4n) is 6.04. The molecular weight excluding hydrogens is 488 g/mol. The number of ether oxygens (including phenoxy) is 1. The van der Waals surface area contributed by atoms with E-state index in [1.807, 2.05) is 12.1 Å². The van der Waals surface area contributed by atoms with Gasteiger partial charge in [0.15, 0.2) is 23.2 Å². The summed E-state index contributed by atoms with van der Waals surface area (Å²) in [4.78, 5) is 13.0. The van der Waals surface area contributed by atoms with Crippen molar-refractivity contribution in [1.29, 1.82) is 0 Å². The first-order chi connectivity index (χ1) is 18.3. The standard InChI is InChI=1S/C28H33F2N7O/c1-17(2)37-23-14-19(13-20(29)26(23)38-16-28(37)9-4-10-28)25-21(30)15-31-27(33-25)32-24-6-5-22(34-35-24)18-7-11-36(3)12-8-18/h5-6,13-15,17-18H,4,7-12,16H2,1-3H3,(H,31,32,33,35). The van der Waals surface area contributed by atoms with Gasteiger partial charge < -0.3 is 19.9 Å². The molecule has 0 bridgehead atoms. The van der Waals surface area contributed by atoms with Gasteiger partial charge in [0, 0.05) is 17.5 Å². The van der Waals surface area contributed by atoms with E-state index >= 15 is 4.39 Å². The molecule has 2 fully saturated rings. The van der Waals surface area contributed by atoms with Crippen molar-refractivity contribution in [3.05, 3.63) is 47.8 Å². The molecule has 1 aromatic carbocycles. The molecule has 6 rings (SSSR count). The lowest BCUT2D eigenvalue weighted by Gasteiger charge is -2.55. The van der Waals surface area contributed by atoms with Gasteiger partial charge in [-0.1, -0.05) is 0 Å². The van der Waals surface area contributed by atoms with E-state index in [1.165, 1.54) is 6.07 Å². The molecule has 8 nitrogen and oxygen atoms in total. The Morgan fingerprint density at radius 3 is 2.53 bits per heavy atom. The zero-order chi connectivity index (χ0) is 26.4. The lowest BCUT2D eigenvalue weighted by Crippen LogP contribution is -2.62. The van der Waals surface area contributed by atoms with Crippen LogP contribution in [0.1, 0.15) is 57.6 Å². The molecule has 1 spiro atoms. The van der Waals surface area contributed by atoms with Crippen LogP contribution >= 0.6 is 0 Å². The van der Waals surface area contributed by atoms with Gasteiger partial charge in [0.2, 0.25) is 5.95 Å². The first kappa shape index (κ1) is 24.9. The van der Waals surface area contributed by atoms with E-state index in [0.717, 1.165) is 57.1 Å². The number of likely N-dealkylation sites (tertiary alicyclic amines) is 1. The number of hydrogen-bond donors (Lipinski definition) is 1. The molecule has 1 saturated heterocycles. The molecule has 38 heavy (non-hydrogen) atoms. The highest BCUT2D eigenvalue weighted by Gasteiger charge is 2.48. The SMILES string of the molecule is CC(C)N1c2cc(-c3nc(Nc4ccc(C5CCN(C)CC5)nn4)ncc3F)cc(F)c2OCC12CCC2. The number of benzene rings is 1. The average molecular weight is 522 g/mol. The fourth-order valence-corrected chi connectivity index (χ4v) is 6.04. The molecule has 3 aromatic rings. The van der Waals surface area contributed by atoms with Crippen molar-refractivity contribution in [1.82, 2.24) is 25.1 Å². The van der Waals surface area contributed by atoms with Gasteiger partial charge in [0.05, 0.1) is 23.1 Å². The van der Waals surface area contributed by atoms with E-state index in [2.05, 4.69) is 56.2 Å². The maximum absolute atomic E-state index is 15.3. The normalized spacial score (nSPS) is 19.3. The zero-order valence-electron chi connectivity index (χ0n) is 22.0. The molecule has 4 heterocycles. The van der Waals surface area contributed by atoms with Crippen LogP contribution in [-0.2, 0) is 0 Å². The van der Waals surface area contributed by atoms with Crippen LogP contribution in [0.3, 0.4) is 0 Å². The maximum Gasteiger partial charge on any atom is 0.229 e. The van der Waals surface area contributed by atoms with Crippen LogP contribution in [0.4, 0.5) is 26.2 Å². The number of aromatic nitrogens is 4. The summed E-state index contributed by atoms with van der Waals surface area (Å²) in [6.07, 6.45) is 6.29. The van der Waals surface area contributed by atoms with Crippen molar-refractivity contribution in [3.63, 3.8) is 0 Å². The lowest BCUT2D eigenvalue weighted by atomic mass is 9.74. The van der Waals surface area contributed by atoms with E-state index in [-0.39, 0.29) is 29.0 Å². The molecule has 0 atom stereocenters. The third-order valence-corrected chi connectivity index (χ3v) is 8.16. The van der Waals surface area contributed by atoms with Gasteiger partial charge >= 0.3 is 0 Å². The van der Waals surface area contributed by atoms with Gasteiger partial charge in [-0.3, -0.25) is 0 Å². The summed E-state index contributed by atoms with van der Waals surface area (Å²) in [7, 11) is 2.13. The number of rotatable bonds is 5. The maximum atomic E-state index is 15.3. The molecule has 0 unspecified atom stereocenters. The van der Waals surface area contributed by atoms with Crippen molar-refractivity contribution in [2.75, 3.05) is 37.0 Å². The third-order valence-electron chi connectivity index (χ3n) is 8.16. The minimum atomic E-state index is -0.634. The van der Waals surface area contributed by atoms with Gasteiger partial charge in [0.25, 0.3) is 0 Å². The summed E-state index contributed by atoms with van der Waals surface area (Å²) in [5.41, 5.74) is 1.82. The summed E-state index contributed by atoms with van der Waals surface area (Å²) >= 11 is 0. The highest BCUT2D eigenvalue weighted by atomic mass is 19.1. The molecule has 2 aromatic heterocycles. The first-order valence-corrected chi connectivity index (χ1v) is 13.4. The van der Waals surface area contributed by atoms with Gasteiger partial charge in [0.1, 0.15) is 12.3 Å². The summed E-state index contributed by atoms with van der Waals surface area (Å²) in [6.45, 7) is 6.73. The molecule has 2 aliphatic heterocycles. The van der Waals surface area contributed by atoms with Crippen molar-refractivity contribution in [3.8, 4) is 17.0 Å². The Balaban J connectivity index is 1.27. The number of piperidine rings is 1. The highest BCUT2D eigenvalue weighted by Crippen LogP contribution is 2.50. The molecular formula is C28H33F2N7O. The van der Waals surface area contributed by atoms with E-state index in [0.29, 0.717) is 29.6 Å². The Morgan fingerprint density at radius 2 is 1.87 bits per heavy atom. The predicted molar refractivity (Wildman–Crippen MR) is 142 cm³/mol. The summed E-state index contributed by atoms with van der Waals surface area (Å²) in [5.74, 6) is 0.0713. The summed E-state index contributed by atoms with van der Waals surface area (Å²) in [5, 5.41) is 11.7. The molecule has 10 heteroatoms. The van der Waals surface area contributed by atoms with Gasteiger partial charge in [-0.25, -0.2) is 18.7 Å². The number of nitrogens with zero attached hydrogens (tertiary/aromatic N) is 6. The van der Waals surface area contributed by atoms with Crippen LogP contribution in [0.25, 0.3) is 11.3 Å². The van der Waals surface area contributed by atoms with Crippen molar-refractivity contribution in [2.24, 2.45) is 0 Å². The smallest absolute Gasteiger partial charge is 0.229 e. The fraction of sp³-hybridized carbons (Fsp3) is 0.500. The molecule has 3 aliphatic rings. The minimum Gasteiger partial charge on any atom is -0.486 e. The van der Waals surface area contributed by atoms with Crippen LogP contribution in [0, 0.1) is 11.6 Å². The number of halogens is 2. The number of fused-ring (bicyclic) bond motifs is 1. The Hall–Kier alpha value is -3.40. The molecule has 1 saturated carbocycles. The van der Waals surface area contributed by atoms with E-state index in [9.17, 15) is 4.39 Å². The Labute approximate surface area is 221 Å². The van der Waals surface area contributed by atoms with E-state index in [1.54, 1.807) is 6.07 Å². The predicted octanol–water partition coefficient (Wildman–Crippen LogP) is 5.29. The Bertz CT molecular complexity index is 1320. The minimum absolute atomic E-state index is 0.0112. The Kier molecular flexibility index (Phi) is 6.37. The topological polar surface area (TPSA) is 79.3 Å². The van der Waals surface area contributed by atoms with Crippen molar-refractivity contribution >= 4 is 17.5 Å². The average Bonchev–Trinajstić information content (AvgIpc) is 2.89. The van der Waals surface area contributed by atoms with E-state index in [4.69, 9.17) is 4.74 Å². The monoisotopic (exact) mass is 521 g/mol. The van der Waals surface area contributed by atoms with Gasteiger partial charge in [-0.15, -0.1) is 5.10 Å². The van der Waals surface area contributed by atoms with Crippen LogP contribution in [0.15, 0.2) is 30.5 Å². The van der Waals surface area contributed by atoms with Crippen LogP contribution in [-0.4, -0.2) is 63.4 Å². The highest BCUT2D eigenvalue weighted by molar-refractivity contribution is 5.74. The number of hydrogen-bond acceptors (Lipinski definition) is 8. The van der Waals surface area contributed by atoms with Crippen molar-refractivity contribution in [2.45, 2.75) is 63.5 Å². The number of anilines is 3. The van der Waals surface area contributed by atoms with Crippen LogP contribution < -0.4 is 15.0 Å². The van der Waals surface area contributed by atoms with Gasteiger partial charge in [-0.05, 0) is 90.4 Å². The lowest BCUT2D eigenvalue weighted by molar-refractivity contribution is 0.105. The Morgan fingerprint density at radius 1 is 1.08 bits per heavy atom. The third kappa shape index (κ3) is 4.44. The molecule has 200 valence electrons. The molecule has 1 aliphatic carbocycles. The van der Waals surface area contributed by atoms with Crippen molar-refractivity contribution < 1.29 is 13.5 Å². The molecule has 0 radical (unpaired) electrons. The second-order valence-electron chi connectivity index (χ2n) is 11.1. The van der Waals surface area contributed by atoms with Gasteiger partial charge in [-0.2, -0.15) is 5.10 Å². The summed E-state index contributed by atoms with van der Waals surface area (Å²) in [6, 6.07) is 6.99. The van der Waals surface area contributed by atoms with Crippen LogP contribution in [0.2, 0.25) is 0 Å². The molecule has 1 N–H and O–H groups in total. The first-order valence-electron chi connectivity index (χ1n) is 13.4. The number of nitrogens with one attached hydrogen (secondary N) is 1. The second-order valence-corrected chi connectivity index (χ2v) is 11.1. The second kappa shape index (κ2) is 9.72. The largest absolute Gasteiger partial charge is 0.486 e. The summed E-state index contributed by atoms with van der Waals surface area (Å²) < 4.78 is 36.1. The van der Waals surface area contributed by atoms with Crippen LogP contribution in [0.5, 0.6) is 5.75 Å². The quantitative estimate of drug-likeness (QED) is 0.485. The zero-order valence-corrected chi connectivity index (χ0v) is 22.0.